The Morgan fingerprint density at radius 2 is 1.88 bits per heavy atom. The van der Waals surface area contributed by atoms with E-state index in [0.29, 0.717) is 34.4 Å². The molecule has 0 unspecified atom stereocenters. The molecule has 0 atom stereocenters. The predicted molar refractivity (Wildman–Crippen MR) is 131 cm³/mol. The van der Waals surface area contributed by atoms with Crippen molar-refractivity contribution in [2.75, 3.05) is 7.11 Å². The zero-order valence-corrected chi connectivity index (χ0v) is 19.0. The summed E-state index contributed by atoms with van der Waals surface area (Å²) < 4.78 is 11.4. The molecule has 4 aromatic rings. The molecule has 0 saturated heterocycles. The number of hydrogen-bond donors (Lipinski definition) is 0. The van der Waals surface area contributed by atoms with Crippen molar-refractivity contribution in [3.05, 3.63) is 104 Å². The van der Waals surface area contributed by atoms with Crippen LogP contribution in [0.4, 0.5) is 5.69 Å². The van der Waals surface area contributed by atoms with Crippen LogP contribution < -0.4 is 9.47 Å². The fourth-order valence-electron chi connectivity index (χ4n) is 3.22. The smallest absolute Gasteiger partial charge is 0.269 e. The number of hydrogen-bond acceptors (Lipinski definition) is 7. The SMILES string of the molecule is COc1cc(C=C(C#N)c2nc(-c3ccc([N+](=O)[O-])cc3)cs2)ccc1OCc1ccccc1. The van der Waals surface area contributed by atoms with Crippen LogP contribution in [0.1, 0.15) is 16.1 Å². The van der Waals surface area contributed by atoms with E-state index in [-0.39, 0.29) is 5.69 Å². The molecule has 34 heavy (non-hydrogen) atoms. The van der Waals surface area contributed by atoms with Gasteiger partial charge >= 0.3 is 0 Å². The summed E-state index contributed by atoms with van der Waals surface area (Å²) in [6.45, 7) is 0.417. The average molecular weight is 470 g/mol. The molecule has 0 N–H and O–H groups in total. The molecule has 0 radical (unpaired) electrons. The molecule has 7 nitrogen and oxygen atoms in total. The number of thiazole rings is 1. The van der Waals surface area contributed by atoms with E-state index in [1.807, 2.05) is 53.9 Å². The minimum absolute atomic E-state index is 0.0157. The molecule has 0 fully saturated rings. The minimum Gasteiger partial charge on any atom is -0.493 e. The molecule has 0 saturated carbocycles. The van der Waals surface area contributed by atoms with Gasteiger partial charge in [0.05, 0.1) is 23.3 Å². The molecular formula is C26H19N3O4S. The number of aromatic nitrogens is 1. The van der Waals surface area contributed by atoms with Crippen LogP contribution in [0.3, 0.4) is 0 Å². The van der Waals surface area contributed by atoms with Gasteiger partial charge in [0, 0.05) is 23.1 Å². The molecule has 168 valence electrons. The third-order valence-electron chi connectivity index (χ3n) is 4.96. The first-order valence-corrected chi connectivity index (χ1v) is 11.1. The summed E-state index contributed by atoms with van der Waals surface area (Å²) in [6, 6.07) is 23.7. The number of rotatable bonds is 8. The third kappa shape index (κ3) is 5.28. The van der Waals surface area contributed by atoms with Gasteiger partial charge in [0.2, 0.25) is 0 Å². The van der Waals surface area contributed by atoms with Crippen LogP contribution in [0.25, 0.3) is 22.9 Å². The van der Waals surface area contributed by atoms with Crippen molar-refractivity contribution < 1.29 is 14.4 Å². The lowest BCUT2D eigenvalue weighted by molar-refractivity contribution is -0.384. The number of ether oxygens (including phenoxy) is 2. The number of nitro groups is 1. The summed E-state index contributed by atoms with van der Waals surface area (Å²) in [5, 5.41) is 23.0. The van der Waals surface area contributed by atoms with Crippen molar-refractivity contribution in [2.45, 2.75) is 6.61 Å². The molecule has 1 aromatic heterocycles. The first-order valence-electron chi connectivity index (χ1n) is 10.2. The van der Waals surface area contributed by atoms with Gasteiger partial charge in [-0.3, -0.25) is 10.1 Å². The van der Waals surface area contributed by atoms with Gasteiger partial charge in [-0.15, -0.1) is 11.3 Å². The van der Waals surface area contributed by atoms with Gasteiger partial charge < -0.3 is 9.47 Å². The van der Waals surface area contributed by atoms with Crippen molar-refractivity contribution in [1.29, 1.82) is 5.26 Å². The van der Waals surface area contributed by atoms with Gasteiger partial charge in [-0.25, -0.2) is 4.98 Å². The highest BCUT2D eigenvalue weighted by Crippen LogP contribution is 2.32. The fourth-order valence-corrected chi connectivity index (χ4v) is 4.02. The zero-order valence-electron chi connectivity index (χ0n) is 18.2. The number of nitro benzene ring substituents is 1. The van der Waals surface area contributed by atoms with E-state index in [2.05, 4.69) is 11.1 Å². The quantitative estimate of drug-likeness (QED) is 0.169. The highest BCUT2D eigenvalue weighted by Gasteiger charge is 2.12. The highest BCUT2D eigenvalue weighted by molar-refractivity contribution is 7.11. The van der Waals surface area contributed by atoms with Crippen LogP contribution in [-0.4, -0.2) is 17.0 Å². The second-order valence-corrected chi connectivity index (χ2v) is 8.05. The Morgan fingerprint density at radius 3 is 2.56 bits per heavy atom. The van der Waals surface area contributed by atoms with Crippen LogP contribution in [0.2, 0.25) is 0 Å². The highest BCUT2D eigenvalue weighted by atomic mass is 32.1. The zero-order chi connectivity index (χ0) is 23.9. The first-order chi connectivity index (χ1) is 16.6. The van der Waals surface area contributed by atoms with Crippen LogP contribution in [0.5, 0.6) is 11.5 Å². The van der Waals surface area contributed by atoms with Gasteiger partial charge in [-0.2, -0.15) is 5.26 Å². The largest absolute Gasteiger partial charge is 0.493 e. The minimum atomic E-state index is -0.445. The Balaban J connectivity index is 1.54. The summed E-state index contributed by atoms with van der Waals surface area (Å²) in [7, 11) is 1.57. The predicted octanol–water partition coefficient (Wildman–Crippen LogP) is 6.37. The average Bonchev–Trinajstić information content (AvgIpc) is 3.37. The van der Waals surface area contributed by atoms with Crippen molar-refractivity contribution in [2.24, 2.45) is 0 Å². The van der Waals surface area contributed by atoms with Crippen LogP contribution >= 0.6 is 11.3 Å². The molecule has 1 heterocycles. The van der Waals surface area contributed by atoms with Gasteiger partial charge in [0.25, 0.3) is 5.69 Å². The monoisotopic (exact) mass is 469 g/mol. The van der Waals surface area contributed by atoms with E-state index in [0.717, 1.165) is 16.7 Å². The van der Waals surface area contributed by atoms with Crippen LogP contribution in [-0.2, 0) is 6.61 Å². The topological polar surface area (TPSA) is 98.3 Å². The van der Waals surface area contributed by atoms with Gasteiger partial charge in [0.1, 0.15) is 17.7 Å². The van der Waals surface area contributed by atoms with E-state index in [1.165, 1.54) is 23.5 Å². The summed E-state index contributed by atoms with van der Waals surface area (Å²) in [5.74, 6) is 1.17. The van der Waals surface area contributed by atoms with Crippen LogP contribution in [0, 0.1) is 21.4 Å². The number of allylic oxidation sites excluding steroid dienone is 1. The van der Waals surface area contributed by atoms with E-state index in [4.69, 9.17) is 9.47 Å². The number of methoxy groups -OCH3 is 1. The van der Waals surface area contributed by atoms with Crippen LogP contribution in [0.15, 0.2) is 78.2 Å². The molecule has 3 aromatic carbocycles. The second-order valence-electron chi connectivity index (χ2n) is 7.20. The summed E-state index contributed by atoms with van der Waals surface area (Å²) in [5.41, 5.74) is 3.63. The Hall–Kier alpha value is -4.48. The number of benzene rings is 3. The van der Waals surface area contributed by atoms with Crippen molar-refractivity contribution >= 4 is 28.7 Å². The maximum Gasteiger partial charge on any atom is 0.269 e. The Bertz CT molecular complexity index is 1370. The summed E-state index contributed by atoms with van der Waals surface area (Å²) in [6.07, 6.45) is 1.74. The number of nitriles is 1. The molecule has 0 aliphatic rings. The van der Waals surface area contributed by atoms with Gasteiger partial charge in [-0.1, -0.05) is 36.4 Å². The standard InChI is InChI=1S/C26H19N3O4S/c1-32-25-14-19(7-12-24(25)33-16-18-5-3-2-4-6-18)13-21(15-27)26-28-23(17-34-26)20-8-10-22(11-9-20)29(30)31/h2-14,17H,16H2,1H3. The Labute approximate surface area is 200 Å². The lowest BCUT2D eigenvalue weighted by atomic mass is 10.1. The molecule has 8 heteroatoms. The summed E-state index contributed by atoms with van der Waals surface area (Å²) >= 11 is 1.33. The van der Waals surface area contributed by atoms with E-state index < -0.39 is 4.92 Å². The lowest BCUT2D eigenvalue weighted by Crippen LogP contribution is -1.97. The van der Waals surface area contributed by atoms with E-state index in [9.17, 15) is 15.4 Å². The fraction of sp³-hybridized carbons (Fsp3) is 0.0769. The van der Waals surface area contributed by atoms with Gasteiger partial charge in [-0.05, 0) is 41.5 Å². The van der Waals surface area contributed by atoms with Crippen molar-refractivity contribution in [1.82, 2.24) is 4.98 Å². The Kier molecular flexibility index (Phi) is 6.96. The second kappa shape index (κ2) is 10.4. The third-order valence-corrected chi connectivity index (χ3v) is 5.84. The summed E-state index contributed by atoms with van der Waals surface area (Å²) in [4.78, 5) is 15.0. The van der Waals surface area contributed by atoms with E-state index >= 15 is 0 Å². The maximum atomic E-state index is 10.9. The Morgan fingerprint density at radius 1 is 1.12 bits per heavy atom. The molecule has 0 spiro atoms. The van der Waals surface area contributed by atoms with Gasteiger partial charge in [0.15, 0.2) is 11.5 Å². The number of nitrogens with zero attached hydrogens (tertiary/aromatic N) is 3. The molecular weight excluding hydrogens is 450 g/mol. The molecule has 0 bridgehead atoms. The normalized spacial score (nSPS) is 11.0. The molecule has 0 aliphatic carbocycles. The van der Waals surface area contributed by atoms with E-state index in [1.54, 1.807) is 25.3 Å². The number of non-ortho nitro benzene ring substituents is 1. The maximum absolute atomic E-state index is 10.9. The van der Waals surface area contributed by atoms with Crippen molar-refractivity contribution in [3.8, 4) is 28.8 Å². The van der Waals surface area contributed by atoms with Crippen molar-refractivity contribution in [3.63, 3.8) is 0 Å². The molecule has 4 rings (SSSR count). The lowest BCUT2D eigenvalue weighted by Gasteiger charge is -2.11. The molecule has 0 aliphatic heterocycles. The molecule has 0 amide bonds. The first kappa shape index (κ1) is 22.7.